The van der Waals surface area contributed by atoms with Crippen LogP contribution in [0, 0.1) is 24.0 Å². The van der Waals surface area contributed by atoms with Crippen LogP contribution in [0.15, 0.2) is 59.8 Å². The van der Waals surface area contributed by atoms with Gasteiger partial charge in [0.05, 0.1) is 24.2 Å². The van der Waals surface area contributed by atoms with Crippen molar-refractivity contribution in [2.75, 3.05) is 6.54 Å². The van der Waals surface area contributed by atoms with Crippen LogP contribution in [-0.4, -0.2) is 36.7 Å². The lowest BCUT2D eigenvalue weighted by atomic mass is 10.1. The SMILES string of the molecule is Cc1cc(C)cc(C(=O)NCCn2ncc3c(=O)n(Cc4cccc([N+](=O)[O-])c4)cnc32)c1. The summed E-state index contributed by atoms with van der Waals surface area (Å²) >= 11 is 0. The van der Waals surface area contributed by atoms with E-state index in [1.165, 1.54) is 29.2 Å². The van der Waals surface area contributed by atoms with E-state index >= 15 is 0 Å². The molecule has 0 saturated carbocycles. The van der Waals surface area contributed by atoms with Crippen molar-refractivity contribution in [1.29, 1.82) is 0 Å². The molecule has 168 valence electrons. The monoisotopic (exact) mass is 446 g/mol. The topological polar surface area (TPSA) is 125 Å². The van der Waals surface area contributed by atoms with Crippen molar-refractivity contribution in [3.63, 3.8) is 0 Å². The van der Waals surface area contributed by atoms with Crippen LogP contribution in [0.25, 0.3) is 11.0 Å². The Hall–Kier alpha value is -4.34. The van der Waals surface area contributed by atoms with Gasteiger partial charge in [-0.1, -0.05) is 29.3 Å². The van der Waals surface area contributed by atoms with Crippen LogP contribution >= 0.6 is 0 Å². The highest BCUT2D eigenvalue weighted by Crippen LogP contribution is 2.14. The molecule has 1 amide bonds. The molecule has 2 aromatic carbocycles. The number of carbonyl (C=O) groups is 1. The molecule has 0 atom stereocenters. The summed E-state index contributed by atoms with van der Waals surface area (Å²) in [5.74, 6) is -0.175. The number of hydrogen-bond acceptors (Lipinski definition) is 6. The first-order valence-corrected chi connectivity index (χ1v) is 10.3. The van der Waals surface area contributed by atoms with E-state index in [9.17, 15) is 19.7 Å². The summed E-state index contributed by atoms with van der Waals surface area (Å²) < 4.78 is 2.95. The molecule has 4 aromatic rings. The first kappa shape index (κ1) is 21.9. The predicted octanol–water partition coefficient (Wildman–Crippen LogP) is 2.60. The lowest BCUT2D eigenvalue weighted by Crippen LogP contribution is -2.28. The molecule has 33 heavy (non-hydrogen) atoms. The first-order valence-electron chi connectivity index (χ1n) is 10.3. The van der Waals surface area contributed by atoms with E-state index in [0.717, 1.165) is 11.1 Å². The van der Waals surface area contributed by atoms with Crippen molar-refractivity contribution < 1.29 is 9.72 Å². The fourth-order valence-electron chi connectivity index (χ4n) is 3.72. The highest BCUT2D eigenvalue weighted by molar-refractivity contribution is 5.94. The molecule has 2 heterocycles. The molecular formula is C23H22N6O4. The molecule has 4 rings (SSSR count). The number of non-ortho nitro benzene ring substituents is 1. The molecule has 0 spiro atoms. The number of benzene rings is 2. The van der Waals surface area contributed by atoms with Gasteiger partial charge in [-0.3, -0.25) is 24.3 Å². The lowest BCUT2D eigenvalue weighted by molar-refractivity contribution is -0.384. The second-order valence-corrected chi connectivity index (χ2v) is 7.84. The molecule has 0 aliphatic carbocycles. The van der Waals surface area contributed by atoms with Gasteiger partial charge in [-0.05, 0) is 31.5 Å². The molecule has 0 bridgehead atoms. The van der Waals surface area contributed by atoms with E-state index < -0.39 is 4.92 Å². The van der Waals surface area contributed by atoms with Crippen molar-refractivity contribution in [1.82, 2.24) is 24.6 Å². The summed E-state index contributed by atoms with van der Waals surface area (Å²) in [5, 5.41) is 18.4. The van der Waals surface area contributed by atoms with E-state index in [2.05, 4.69) is 15.4 Å². The van der Waals surface area contributed by atoms with Crippen LogP contribution in [0.2, 0.25) is 0 Å². The summed E-state index contributed by atoms with van der Waals surface area (Å²) in [4.78, 5) is 40.1. The van der Waals surface area contributed by atoms with Crippen molar-refractivity contribution in [2.24, 2.45) is 0 Å². The number of aryl methyl sites for hydroxylation is 2. The second kappa shape index (κ2) is 9.03. The summed E-state index contributed by atoms with van der Waals surface area (Å²) in [6.45, 7) is 4.71. The predicted molar refractivity (Wildman–Crippen MR) is 122 cm³/mol. The van der Waals surface area contributed by atoms with Crippen LogP contribution in [0.1, 0.15) is 27.0 Å². The summed E-state index contributed by atoms with van der Waals surface area (Å²) in [5.41, 5.74) is 3.33. The first-order chi connectivity index (χ1) is 15.8. The standard InChI is InChI=1S/C23H22N6O4/c1-15-8-16(2)10-18(9-15)22(30)24-6-7-28-21-20(12-26-28)23(31)27(14-25-21)13-17-4-3-5-19(11-17)29(32)33/h3-5,8-12,14H,6-7,13H2,1-2H3,(H,24,30). The number of hydrogen-bond donors (Lipinski definition) is 1. The van der Waals surface area contributed by atoms with Gasteiger partial charge < -0.3 is 5.32 Å². The Kier molecular flexibility index (Phi) is 5.99. The number of aromatic nitrogens is 4. The van der Waals surface area contributed by atoms with Crippen molar-refractivity contribution in [3.8, 4) is 0 Å². The zero-order chi connectivity index (χ0) is 23.5. The number of nitrogens with zero attached hydrogens (tertiary/aromatic N) is 5. The van der Waals surface area contributed by atoms with Crippen molar-refractivity contribution in [2.45, 2.75) is 26.9 Å². The van der Waals surface area contributed by atoms with Gasteiger partial charge in [0.1, 0.15) is 11.7 Å². The zero-order valence-electron chi connectivity index (χ0n) is 18.2. The van der Waals surface area contributed by atoms with Gasteiger partial charge in [-0.25, -0.2) is 9.67 Å². The fourth-order valence-corrected chi connectivity index (χ4v) is 3.72. The quantitative estimate of drug-likeness (QED) is 0.344. The number of rotatable bonds is 7. The normalized spacial score (nSPS) is 11.0. The lowest BCUT2D eigenvalue weighted by Gasteiger charge is -2.08. The van der Waals surface area contributed by atoms with Gasteiger partial charge in [0.15, 0.2) is 5.65 Å². The van der Waals surface area contributed by atoms with E-state index in [1.54, 1.807) is 16.8 Å². The Bertz CT molecular complexity index is 1400. The second-order valence-electron chi connectivity index (χ2n) is 7.84. The fraction of sp³-hybridized carbons (Fsp3) is 0.217. The Balaban J connectivity index is 1.47. The molecule has 0 radical (unpaired) electrons. The maximum Gasteiger partial charge on any atom is 0.269 e. The van der Waals surface area contributed by atoms with Gasteiger partial charge in [0.25, 0.3) is 17.2 Å². The van der Waals surface area contributed by atoms with E-state index in [4.69, 9.17) is 0 Å². The minimum absolute atomic E-state index is 0.0368. The van der Waals surface area contributed by atoms with Crippen LogP contribution in [-0.2, 0) is 13.1 Å². The van der Waals surface area contributed by atoms with E-state index in [0.29, 0.717) is 35.2 Å². The number of nitrogens with one attached hydrogen (secondary N) is 1. The molecule has 2 aromatic heterocycles. The van der Waals surface area contributed by atoms with Gasteiger partial charge in [0.2, 0.25) is 0 Å². The molecule has 10 nitrogen and oxygen atoms in total. The smallest absolute Gasteiger partial charge is 0.269 e. The van der Waals surface area contributed by atoms with Gasteiger partial charge in [0, 0.05) is 24.2 Å². The highest BCUT2D eigenvalue weighted by Gasteiger charge is 2.13. The molecule has 1 N–H and O–H groups in total. The number of fused-ring (bicyclic) bond motifs is 1. The number of nitro groups is 1. The highest BCUT2D eigenvalue weighted by atomic mass is 16.6. The van der Waals surface area contributed by atoms with Crippen LogP contribution in [0.4, 0.5) is 5.69 Å². The maximum atomic E-state index is 12.9. The molecule has 0 unspecified atom stereocenters. The van der Waals surface area contributed by atoms with E-state index in [-0.39, 0.29) is 23.7 Å². The third kappa shape index (κ3) is 4.79. The largest absolute Gasteiger partial charge is 0.350 e. The molecule has 10 heteroatoms. The average molecular weight is 446 g/mol. The number of amides is 1. The number of carbonyl (C=O) groups excluding carboxylic acids is 1. The average Bonchev–Trinajstić information content (AvgIpc) is 3.19. The summed E-state index contributed by atoms with van der Waals surface area (Å²) in [6.07, 6.45) is 2.84. The van der Waals surface area contributed by atoms with Crippen molar-refractivity contribution in [3.05, 3.63) is 97.7 Å². The summed E-state index contributed by atoms with van der Waals surface area (Å²) in [6, 6.07) is 11.8. The minimum atomic E-state index is -0.476. The molecule has 0 aliphatic rings. The Labute approximate surface area is 188 Å². The summed E-state index contributed by atoms with van der Waals surface area (Å²) in [7, 11) is 0. The molecular weight excluding hydrogens is 424 g/mol. The third-order valence-electron chi connectivity index (χ3n) is 5.19. The number of nitro benzene ring substituents is 1. The third-order valence-corrected chi connectivity index (χ3v) is 5.19. The molecule has 0 aliphatic heterocycles. The Morgan fingerprint density at radius 3 is 2.64 bits per heavy atom. The Morgan fingerprint density at radius 1 is 1.15 bits per heavy atom. The zero-order valence-corrected chi connectivity index (χ0v) is 18.2. The van der Waals surface area contributed by atoms with Crippen molar-refractivity contribution >= 4 is 22.6 Å². The maximum absolute atomic E-state index is 12.9. The van der Waals surface area contributed by atoms with Gasteiger partial charge in [-0.2, -0.15) is 5.10 Å². The van der Waals surface area contributed by atoms with Crippen LogP contribution in [0.5, 0.6) is 0 Å². The van der Waals surface area contributed by atoms with Gasteiger partial charge >= 0.3 is 0 Å². The molecule has 0 saturated heterocycles. The molecule has 0 fully saturated rings. The van der Waals surface area contributed by atoms with Crippen LogP contribution < -0.4 is 10.9 Å². The van der Waals surface area contributed by atoms with Crippen LogP contribution in [0.3, 0.4) is 0 Å². The van der Waals surface area contributed by atoms with E-state index in [1.807, 2.05) is 32.0 Å². The van der Waals surface area contributed by atoms with Gasteiger partial charge in [-0.15, -0.1) is 0 Å². The minimum Gasteiger partial charge on any atom is -0.350 e. The Morgan fingerprint density at radius 2 is 1.91 bits per heavy atom.